The zero-order chi connectivity index (χ0) is 13.2. The Kier molecular flexibility index (Phi) is 4.06. The minimum absolute atomic E-state index is 0.0669. The summed E-state index contributed by atoms with van der Waals surface area (Å²) in [6.45, 7) is 4.61. The fourth-order valence-electron chi connectivity index (χ4n) is 3.37. The highest BCUT2D eigenvalue weighted by molar-refractivity contribution is 5.18. The first kappa shape index (κ1) is 13.5. The second-order valence-corrected chi connectivity index (χ2v) is 6.30. The molecule has 0 bridgehead atoms. The van der Waals surface area contributed by atoms with Gasteiger partial charge in [0, 0.05) is 6.04 Å². The summed E-state index contributed by atoms with van der Waals surface area (Å²) in [5, 5.41) is 0. The quantitative estimate of drug-likeness (QED) is 0.863. The van der Waals surface area contributed by atoms with E-state index in [-0.39, 0.29) is 11.9 Å². The van der Waals surface area contributed by atoms with Gasteiger partial charge in [-0.05, 0) is 42.2 Å². The van der Waals surface area contributed by atoms with Gasteiger partial charge in [0.15, 0.2) is 0 Å². The van der Waals surface area contributed by atoms with Crippen LogP contribution in [0.4, 0.5) is 4.39 Å². The SMILES string of the molecule is CC1(C)CCCCC1C(N)Cc1ccccc1F. The number of hydrogen-bond donors (Lipinski definition) is 1. The maximum Gasteiger partial charge on any atom is 0.126 e. The van der Waals surface area contributed by atoms with Gasteiger partial charge in [-0.25, -0.2) is 4.39 Å². The van der Waals surface area contributed by atoms with Crippen LogP contribution in [0.25, 0.3) is 0 Å². The lowest BCUT2D eigenvalue weighted by Crippen LogP contribution is -2.43. The van der Waals surface area contributed by atoms with Gasteiger partial charge >= 0.3 is 0 Å². The molecule has 0 saturated heterocycles. The van der Waals surface area contributed by atoms with Gasteiger partial charge in [0.25, 0.3) is 0 Å². The van der Waals surface area contributed by atoms with E-state index in [1.54, 1.807) is 6.07 Å². The predicted octanol–water partition coefficient (Wildman–Crippen LogP) is 3.91. The van der Waals surface area contributed by atoms with E-state index in [0.717, 1.165) is 5.56 Å². The van der Waals surface area contributed by atoms with Crippen LogP contribution in [-0.4, -0.2) is 6.04 Å². The van der Waals surface area contributed by atoms with Crippen molar-refractivity contribution in [3.05, 3.63) is 35.6 Å². The van der Waals surface area contributed by atoms with E-state index in [9.17, 15) is 4.39 Å². The second kappa shape index (κ2) is 5.40. The number of rotatable bonds is 3. The van der Waals surface area contributed by atoms with Crippen LogP contribution in [0.15, 0.2) is 24.3 Å². The van der Waals surface area contributed by atoms with E-state index in [1.807, 2.05) is 12.1 Å². The van der Waals surface area contributed by atoms with Crippen LogP contribution >= 0.6 is 0 Å². The molecule has 2 atom stereocenters. The van der Waals surface area contributed by atoms with Crippen LogP contribution in [0.1, 0.15) is 45.1 Å². The maximum absolute atomic E-state index is 13.7. The minimum Gasteiger partial charge on any atom is -0.327 e. The highest BCUT2D eigenvalue weighted by Crippen LogP contribution is 2.42. The number of hydrogen-bond acceptors (Lipinski definition) is 1. The summed E-state index contributed by atoms with van der Waals surface area (Å²) in [5.74, 6) is 0.382. The molecule has 2 unspecified atom stereocenters. The lowest BCUT2D eigenvalue weighted by atomic mass is 9.65. The molecule has 0 amide bonds. The van der Waals surface area contributed by atoms with Crippen LogP contribution < -0.4 is 5.73 Å². The average molecular weight is 249 g/mol. The van der Waals surface area contributed by atoms with Crippen LogP contribution in [-0.2, 0) is 6.42 Å². The van der Waals surface area contributed by atoms with E-state index in [0.29, 0.717) is 17.8 Å². The lowest BCUT2D eigenvalue weighted by Gasteiger charge is -2.42. The normalized spacial score (nSPS) is 24.8. The Labute approximate surface area is 110 Å². The molecule has 1 aromatic carbocycles. The molecule has 1 aliphatic carbocycles. The highest BCUT2D eigenvalue weighted by atomic mass is 19.1. The number of nitrogens with two attached hydrogens (primary N) is 1. The largest absolute Gasteiger partial charge is 0.327 e. The van der Waals surface area contributed by atoms with Gasteiger partial charge in [-0.1, -0.05) is 44.9 Å². The fraction of sp³-hybridized carbons (Fsp3) is 0.625. The summed E-state index contributed by atoms with van der Waals surface area (Å²) >= 11 is 0. The monoisotopic (exact) mass is 249 g/mol. The van der Waals surface area contributed by atoms with Crippen molar-refractivity contribution in [3.8, 4) is 0 Å². The Morgan fingerprint density at radius 2 is 2.06 bits per heavy atom. The molecule has 2 rings (SSSR count). The molecule has 0 spiro atoms. The van der Waals surface area contributed by atoms with Gasteiger partial charge in [-0.2, -0.15) is 0 Å². The van der Waals surface area contributed by atoms with Crippen molar-refractivity contribution in [2.24, 2.45) is 17.1 Å². The molecule has 1 saturated carbocycles. The van der Waals surface area contributed by atoms with Gasteiger partial charge in [0.2, 0.25) is 0 Å². The summed E-state index contributed by atoms with van der Waals surface area (Å²) in [6.07, 6.45) is 5.64. The first-order valence-corrected chi connectivity index (χ1v) is 7.00. The van der Waals surface area contributed by atoms with Crippen LogP contribution in [0.2, 0.25) is 0 Å². The summed E-state index contributed by atoms with van der Waals surface area (Å²) < 4.78 is 13.7. The van der Waals surface area contributed by atoms with Gasteiger partial charge in [0.1, 0.15) is 5.82 Å². The molecule has 2 heteroatoms. The molecule has 1 nitrogen and oxygen atoms in total. The van der Waals surface area contributed by atoms with Crippen LogP contribution in [0.3, 0.4) is 0 Å². The van der Waals surface area contributed by atoms with Crippen molar-refractivity contribution in [3.63, 3.8) is 0 Å². The third-order valence-electron chi connectivity index (χ3n) is 4.52. The third-order valence-corrected chi connectivity index (χ3v) is 4.52. The van der Waals surface area contributed by atoms with Crippen molar-refractivity contribution < 1.29 is 4.39 Å². The number of benzene rings is 1. The Hall–Kier alpha value is -0.890. The average Bonchev–Trinajstić information content (AvgIpc) is 2.31. The molecule has 0 aromatic heterocycles. The molecule has 0 aliphatic heterocycles. The van der Waals surface area contributed by atoms with Crippen LogP contribution in [0, 0.1) is 17.2 Å². The Morgan fingerprint density at radius 1 is 1.33 bits per heavy atom. The molecule has 18 heavy (non-hydrogen) atoms. The molecular formula is C16H24FN. The zero-order valence-electron chi connectivity index (χ0n) is 11.5. The molecular weight excluding hydrogens is 225 g/mol. The molecule has 2 N–H and O–H groups in total. The van der Waals surface area contributed by atoms with Gasteiger partial charge < -0.3 is 5.73 Å². The molecule has 1 aromatic rings. The van der Waals surface area contributed by atoms with E-state index in [2.05, 4.69) is 13.8 Å². The minimum atomic E-state index is -0.124. The van der Waals surface area contributed by atoms with Gasteiger partial charge in [-0.3, -0.25) is 0 Å². The molecule has 1 aliphatic rings. The summed E-state index contributed by atoms with van der Waals surface area (Å²) in [4.78, 5) is 0. The maximum atomic E-state index is 13.7. The third kappa shape index (κ3) is 2.92. The predicted molar refractivity (Wildman–Crippen MR) is 73.8 cm³/mol. The Morgan fingerprint density at radius 3 is 2.72 bits per heavy atom. The molecule has 0 heterocycles. The molecule has 100 valence electrons. The molecule has 0 radical (unpaired) electrons. The topological polar surface area (TPSA) is 26.0 Å². The fourth-order valence-corrected chi connectivity index (χ4v) is 3.37. The summed E-state index contributed by atoms with van der Waals surface area (Å²) in [6, 6.07) is 7.06. The summed E-state index contributed by atoms with van der Waals surface area (Å²) in [7, 11) is 0. The Balaban J connectivity index is 2.07. The smallest absolute Gasteiger partial charge is 0.126 e. The van der Waals surface area contributed by atoms with Crippen molar-refractivity contribution in [1.29, 1.82) is 0 Å². The van der Waals surface area contributed by atoms with Crippen molar-refractivity contribution in [2.45, 2.75) is 52.0 Å². The van der Waals surface area contributed by atoms with Gasteiger partial charge in [-0.15, -0.1) is 0 Å². The highest BCUT2D eigenvalue weighted by Gasteiger charge is 2.36. The van der Waals surface area contributed by atoms with Crippen LogP contribution in [0.5, 0.6) is 0 Å². The second-order valence-electron chi connectivity index (χ2n) is 6.30. The Bertz CT molecular complexity index is 400. The first-order valence-electron chi connectivity index (χ1n) is 7.00. The van der Waals surface area contributed by atoms with Crippen molar-refractivity contribution in [2.75, 3.05) is 0 Å². The van der Waals surface area contributed by atoms with Gasteiger partial charge in [0.05, 0.1) is 0 Å². The summed E-state index contributed by atoms with van der Waals surface area (Å²) in [5.41, 5.74) is 7.41. The van der Waals surface area contributed by atoms with E-state index >= 15 is 0 Å². The first-order chi connectivity index (χ1) is 8.50. The zero-order valence-corrected chi connectivity index (χ0v) is 11.5. The molecule has 1 fully saturated rings. The lowest BCUT2D eigenvalue weighted by molar-refractivity contribution is 0.112. The number of halogens is 1. The van der Waals surface area contributed by atoms with Crippen molar-refractivity contribution >= 4 is 0 Å². The van der Waals surface area contributed by atoms with E-state index in [1.165, 1.54) is 31.7 Å². The standard InChI is InChI=1S/C16H24FN/c1-16(2)10-6-5-8-13(16)15(18)11-12-7-3-4-9-14(12)17/h3-4,7,9,13,15H,5-6,8,10-11,18H2,1-2H3. The van der Waals surface area contributed by atoms with E-state index < -0.39 is 0 Å². The van der Waals surface area contributed by atoms with Crippen molar-refractivity contribution in [1.82, 2.24) is 0 Å². The van der Waals surface area contributed by atoms with E-state index in [4.69, 9.17) is 5.73 Å².